The summed E-state index contributed by atoms with van der Waals surface area (Å²) < 4.78 is 12.1. The number of ether oxygens (including phenoxy) is 2. The van der Waals surface area contributed by atoms with Crippen LogP contribution in [-0.4, -0.2) is 75.4 Å². The van der Waals surface area contributed by atoms with Crippen molar-refractivity contribution in [1.82, 2.24) is 9.80 Å². The summed E-state index contributed by atoms with van der Waals surface area (Å²) in [5, 5.41) is 0. The topological polar surface area (TPSA) is 42.0 Å². The number of allylic oxidation sites excluding steroid dienone is 2. The van der Waals surface area contributed by atoms with Gasteiger partial charge in [0, 0.05) is 37.6 Å². The van der Waals surface area contributed by atoms with Gasteiger partial charge < -0.3 is 19.3 Å². The van der Waals surface area contributed by atoms with Gasteiger partial charge in [0.1, 0.15) is 0 Å². The van der Waals surface area contributed by atoms with Crippen LogP contribution < -0.4 is 0 Å². The van der Waals surface area contributed by atoms with E-state index < -0.39 is 0 Å². The van der Waals surface area contributed by atoms with Gasteiger partial charge in [-0.05, 0) is 52.6 Å². The molecule has 1 aliphatic carbocycles. The van der Waals surface area contributed by atoms with Crippen LogP contribution in [0, 0.1) is 11.3 Å². The fraction of sp³-hybridized carbons (Fsp3) is 0.850. The Bertz CT molecular complexity index is 480. The van der Waals surface area contributed by atoms with E-state index in [4.69, 9.17) is 9.47 Å². The van der Waals surface area contributed by atoms with E-state index in [-0.39, 0.29) is 17.4 Å². The summed E-state index contributed by atoms with van der Waals surface area (Å²) in [6.45, 7) is 4.87. The summed E-state index contributed by atoms with van der Waals surface area (Å²) in [5.41, 5.74) is -0.0109. The normalized spacial score (nSPS) is 32.7. The van der Waals surface area contributed by atoms with Gasteiger partial charge in [-0.1, -0.05) is 12.2 Å². The van der Waals surface area contributed by atoms with Crippen molar-refractivity contribution in [3.05, 3.63) is 12.2 Å². The molecule has 5 nitrogen and oxygen atoms in total. The average Bonchev–Trinajstić information content (AvgIpc) is 2.65. The lowest BCUT2D eigenvalue weighted by molar-refractivity contribution is -0.167. The maximum atomic E-state index is 13.0. The van der Waals surface area contributed by atoms with Crippen molar-refractivity contribution in [1.29, 1.82) is 0 Å². The molecular weight excluding hydrogens is 316 g/mol. The smallest absolute Gasteiger partial charge is 0.226 e. The van der Waals surface area contributed by atoms with Crippen molar-refractivity contribution in [2.45, 2.75) is 44.6 Å². The molecule has 0 radical (unpaired) electrons. The van der Waals surface area contributed by atoms with Crippen LogP contribution in [0.5, 0.6) is 0 Å². The first-order valence-electron chi connectivity index (χ1n) is 9.89. The van der Waals surface area contributed by atoms with E-state index >= 15 is 0 Å². The van der Waals surface area contributed by atoms with Crippen molar-refractivity contribution in [2.75, 3.05) is 53.6 Å². The number of fused-ring (bicyclic) bond motifs is 1. The minimum Gasteiger partial charge on any atom is -0.379 e. The highest BCUT2D eigenvalue weighted by Gasteiger charge is 2.47. The molecule has 3 atom stereocenters. The van der Waals surface area contributed by atoms with Crippen LogP contribution >= 0.6 is 0 Å². The Morgan fingerprint density at radius 1 is 1.36 bits per heavy atom. The second kappa shape index (κ2) is 8.65. The van der Waals surface area contributed by atoms with E-state index in [9.17, 15) is 4.79 Å². The second-order valence-electron chi connectivity index (χ2n) is 8.21. The monoisotopic (exact) mass is 350 g/mol. The SMILES string of the molecule is CN(C)CCOCC12CCCOC1CCN(C(=O)C1CC=CCC1)C2. The Balaban J connectivity index is 1.62. The van der Waals surface area contributed by atoms with Crippen molar-refractivity contribution in [3.8, 4) is 0 Å². The summed E-state index contributed by atoms with van der Waals surface area (Å²) in [6, 6.07) is 0. The number of nitrogens with zero attached hydrogens (tertiary/aromatic N) is 2. The van der Waals surface area contributed by atoms with Crippen LogP contribution in [0.1, 0.15) is 38.5 Å². The molecule has 1 amide bonds. The predicted molar refractivity (Wildman–Crippen MR) is 98.5 cm³/mol. The molecule has 0 saturated carbocycles. The van der Waals surface area contributed by atoms with Gasteiger partial charge in [-0.25, -0.2) is 0 Å². The molecule has 0 aromatic rings. The van der Waals surface area contributed by atoms with Gasteiger partial charge in [-0.2, -0.15) is 0 Å². The summed E-state index contributed by atoms with van der Waals surface area (Å²) in [5.74, 6) is 0.527. The molecular formula is C20H34N2O3. The first-order chi connectivity index (χ1) is 12.1. The van der Waals surface area contributed by atoms with E-state index in [1.807, 2.05) is 0 Å². The van der Waals surface area contributed by atoms with E-state index in [1.54, 1.807) is 0 Å². The minimum absolute atomic E-state index is 0.0109. The molecule has 3 aliphatic rings. The molecule has 0 spiro atoms. The maximum Gasteiger partial charge on any atom is 0.226 e. The average molecular weight is 351 g/mol. The molecule has 3 unspecified atom stereocenters. The Hall–Kier alpha value is -0.910. The molecule has 2 saturated heterocycles. The minimum atomic E-state index is -0.0109. The Labute approximate surface area is 152 Å². The third-order valence-corrected chi connectivity index (χ3v) is 5.99. The third kappa shape index (κ3) is 4.63. The molecule has 0 bridgehead atoms. The fourth-order valence-corrected chi connectivity index (χ4v) is 4.49. The van der Waals surface area contributed by atoms with Gasteiger partial charge in [0.05, 0.1) is 19.3 Å². The first kappa shape index (κ1) is 18.9. The van der Waals surface area contributed by atoms with Gasteiger partial charge in [0.25, 0.3) is 0 Å². The standard InChI is InChI=1S/C20H34N2O3/c1-21(2)12-14-24-16-20-10-6-13-25-18(20)9-11-22(15-20)19(23)17-7-4-3-5-8-17/h3-4,17-18H,5-16H2,1-2H3. The molecule has 2 heterocycles. The van der Waals surface area contributed by atoms with Crippen LogP contribution in [0.2, 0.25) is 0 Å². The molecule has 5 heteroatoms. The molecule has 25 heavy (non-hydrogen) atoms. The molecule has 0 aromatic carbocycles. The largest absolute Gasteiger partial charge is 0.379 e. The Kier molecular flexibility index (Phi) is 6.53. The Morgan fingerprint density at radius 3 is 3.00 bits per heavy atom. The lowest BCUT2D eigenvalue weighted by Gasteiger charge is -2.50. The van der Waals surface area contributed by atoms with Gasteiger partial charge in [0.2, 0.25) is 5.91 Å². The zero-order chi connectivity index (χ0) is 17.7. The number of piperidine rings is 1. The lowest BCUT2D eigenvalue weighted by atomic mass is 9.72. The highest BCUT2D eigenvalue weighted by molar-refractivity contribution is 5.79. The molecule has 0 N–H and O–H groups in total. The predicted octanol–water partition coefficient (Wildman–Crippen LogP) is 2.32. The van der Waals surface area contributed by atoms with Gasteiger partial charge in [-0.3, -0.25) is 4.79 Å². The van der Waals surface area contributed by atoms with Gasteiger partial charge >= 0.3 is 0 Å². The zero-order valence-electron chi connectivity index (χ0n) is 15.9. The maximum absolute atomic E-state index is 13.0. The summed E-state index contributed by atoms with van der Waals surface area (Å²) in [4.78, 5) is 17.2. The Morgan fingerprint density at radius 2 is 2.24 bits per heavy atom. The summed E-state index contributed by atoms with van der Waals surface area (Å²) >= 11 is 0. The molecule has 3 rings (SSSR count). The van der Waals surface area contributed by atoms with Crippen molar-refractivity contribution in [3.63, 3.8) is 0 Å². The van der Waals surface area contributed by atoms with Crippen molar-refractivity contribution < 1.29 is 14.3 Å². The van der Waals surface area contributed by atoms with Crippen molar-refractivity contribution in [2.24, 2.45) is 11.3 Å². The molecule has 142 valence electrons. The number of carbonyl (C=O) groups excluding carboxylic acids is 1. The molecule has 2 aliphatic heterocycles. The number of carbonyl (C=O) groups is 1. The number of hydrogen-bond acceptors (Lipinski definition) is 4. The van der Waals surface area contributed by atoms with E-state index in [0.29, 0.717) is 12.5 Å². The third-order valence-electron chi connectivity index (χ3n) is 5.99. The quantitative estimate of drug-likeness (QED) is 0.545. The van der Waals surface area contributed by atoms with Gasteiger partial charge in [0.15, 0.2) is 0 Å². The van der Waals surface area contributed by atoms with Crippen LogP contribution in [0.25, 0.3) is 0 Å². The lowest BCUT2D eigenvalue weighted by Crippen LogP contribution is -2.59. The first-order valence-corrected chi connectivity index (χ1v) is 9.89. The highest BCUT2D eigenvalue weighted by Crippen LogP contribution is 2.41. The summed E-state index contributed by atoms with van der Waals surface area (Å²) in [6.07, 6.45) is 10.7. The zero-order valence-corrected chi connectivity index (χ0v) is 15.9. The molecule has 0 aromatic heterocycles. The van der Waals surface area contributed by atoms with Gasteiger partial charge in [-0.15, -0.1) is 0 Å². The van der Waals surface area contributed by atoms with Crippen LogP contribution in [0.4, 0.5) is 0 Å². The number of rotatable bonds is 6. The summed E-state index contributed by atoms with van der Waals surface area (Å²) in [7, 11) is 4.13. The van der Waals surface area contributed by atoms with Crippen LogP contribution in [0.3, 0.4) is 0 Å². The number of amides is 1. The van der Waals surface area contributed by atoms with E-state index in [0.717, 1.165) is 71.4 Å². The number of likely N-dealkylation sites (tertiary alicyclic amines) is 1. The van der Waals surface area contributed by atoms with E-state index in [2.05, 4.69) is 36.0 Å². The fourth-order valence-electron chi connectivity index (χ4n) is 4.49. The van der Waals surface area contributed by atoms with Crippen molar-refractivity contribution >= 4 is 5.91 Å². The van der Waals surface area contributed by atoms with Crippen LogP contribution in [0.15, 0.2) is 12.2 Å². The molecule has 2 fully saturated rings. The number of likely N-dealkylation sites (N-methyl/N-ethyl adjacent to an activating group) is 1. The van der Waals surface area contributed by atoms with Crippen LogP contribution in [-0.2, 0) is 14.3 Å². The second-order valence-corrected chi connectivity index (χ2v) is 8.21. The van der Waals surface area contributed by atoms with E-state index in [1.165, 1.54) is 0 Å². The number of hydrogen-bond donors (Lipinski definition) is 0. The highest BCUT2D eigenvalue weighted by atomic mass is 16.5.